The lowest BCUT2D eigenvalue weighted by Gasteiger charge is -2.33. The van der Waals surface area contributed by atoms with Crippen LogP contribution in [0, 0.1) is 0 Å². The first kappa shape index (κ1) is 22.4. The molecular formula is C19H23Cl2N5O4. The molecule has 2 heterocycles. The second kappa shape index (κ2) is 10.6. The van der Waals surface area contributed by atoms with Gasteiger partial charge in [0.05, 0.1) is 29.3 Å². The molecule has 2 aromatic rings. The lowest BCUT2D eigenvalue weighted by molar-refractivity contribution is -0.0287. The zero-order valence-corrected chi connectivity index (χ0v) is 17.9. The zero-order chi connectivity index (χ0) is 21.5. The molecular weight excluding hydrogens is 433 g/mol. The summed E-state index contributed by atoms with van der Waals surface area (Å²) in [5.74, 6) is 0.0276. The summed E-state index contributed by atoms with van der Waals surface area (Å²) < 4.78 is 10.8. The van der Waals surface area contributed by atoms with Crippen LogP contribution in [0.5, 0.6) is 0 Å². The fraction of sp³-hybridized carbons (Fsp3) is 0.421. The van der Waals surface area contributed by atoms with Crippen molar-refractivity contribution in [3.8, 4) is 0 Å². The normalized spacial score (nSPS) is 16.8. The van der Waals surface area contributed by atoms with Crippen molar-refractivity contribution < 1.29 is 18.8 Å². The van der Waals surface area contributed by atoms with Crippen LogP contribution in [0.25, 0.3) is 0 Å². The van der Waals surface area contributed by atoms with Gasteiger partial charge in [0.15, 0.2) is 11.5 Å². The smallest absolute Gasteiger partial charge is 0.315 e. The molecule has 1 aromatic heterocycles. The summed E-state index contributed by atoms with van der Waals surface area (Å²) in [5, 5.41) is 12.6. The number of carbonyl (C=O) groups excluding carboxylic acids is 2. The van der Waals surface area contributed by atoms with E-state index in [0.29, 0.717) is 35.5 Å². The molecule has 1 aliphatic rings. The van der Waals surface area contributed by atoms with E-state index in [4.69, 9.17) is 32.5 Å². The Bertz CT molecular complexity index is 892. The van der Waals surface area contributed by atoms with Crippen molar-refractivity contribution in [3.05, 3.63) is 51.3 Å². The highest BCUT2D eigenvalue weighted by atomic mass is 35.5. The van der Waals surface area contributed by atoms with Crippen LogP contribution in [-0.2, 0) is 17.8 Å². The molecule has 0 bridgehead atoms. The van der Waals surface area contributed by atoms with Gasteiger partial charge in [-0.1, -0.05) is 34.4 Å². The number of urea groups is 1. The minimum atomic E-state index is -0.363. The fourth-order valence-electron chi connectivity index (χ4n) is 3.01. The van der Waals surface area contributed by atoms with E-state index < -0.39 is 0 Å². The minimum absolute atomic E-state index is 0.116. The van der Waals surface area contributed by atoms with Crippen molar-refractivity contribution >= 4 is 35.1 Å². The number of amides is 3. The van der Waals surface area contributed by atoms with Crippen LogP contribution >= 0.6 is 23.2 Å². The van der Waals surface area contributed by atoms with Gasteiger partial charge in [-0.15, -0.1) is 0 Å². The van der Waals surface area contributed by atoms with Gasteiger partial charge in [-0.25, -0.2) is 4.79 Å². The van der Waals surface area contributed by atoms with Gasteiger partial charge in [0.1, 0.15) is 0 Å². The van der Waals surface area contributed by atoms with Crippen molar-refractivity contribution in [3.63, 3.8) is 0 Å². The van der Waals surface area contributed by atoms with Gasteiger partial charge in [-0.05, 0) is 17.7 Å². The number of ether oxygens (including phenoxy) is 1. The van der Waals surface area contributed by atoms with E-state index in [1.54, 1.807) is 6.07 Å². The first-order valence-electron chi connectivity index (χ1n) is 9.42. The number of benzene rings is 1. The Kier molecular flexibility index (Phi) is 7.92. The van der Waals surface area contributed by atoms with Gasteiger partial charge >= 0.3 is 6.03 Å². The third kappa shape index (κ3) is 6.33. The first-order valence-corrected chi connectivity index (χ1v) is 10.2. The van der Waals surface area contributed by atoms with Crippen molar-refractivity contribution in [2.45, 2.75) is 19.2 Å². The summed E-state index contributed by atoms with van der Waals surface area (Å²) in [6.45, 7) is 3.26. The fourth-order valence-corrected chi connectivity index (χ4v) is 3.33. The summed E-state index contributed by atoms with van der Waals surface area (Å²) in [4.78, 5) is 25.7. The summed E-state index contributed by atoms with van der Waals surface area (Å²) >= 11 is 12.0. The van der Waals surface area contributed by atoms with Crippen molar-refractivity contribution in [1.29, 1.82) is 0 Å². The summed E-state index contributed by atoms with van der Waals surface area (Å²) in [7, 11) is 1.50. The average molecular weight is 456 g/mol. The Morgan fingerprint density at radius 3 is 2.83 bits per heavy atom. The summed E-state index contributed by atoms with van der Waals surface area (Å²) in [5.41, 5.74) is 1.23. The Balaban J connectivity index is 1.40. The van der Waals surface area contributed by atoms with E-state index in [0.717, 1.165) is 18.7 Å². The predicted molar refractivity (Wildman–Crippen MR) is 112 cm³/mol. The molecule has 30 heavy (non-hydrogen) atoms. The van der Waals surface area contributed by atoms with Crippen LogP contribution in [0.15, 0.2) is 28.8 Å². The zero-order valence-electron chi connectivity index (χ0n) is 16.4. The SMILES string of the molecule is CNC(=O)c1cc(CNC(=O)NC[C@H]2CN(Cc3ccc(Cl)c(Cl)c3)CCO2)on1. The van der Waals surface area contributed by atoms with Crippen LogP contribution in [0.3, 0.4) is 0 Å². The van der Waals surface area contributed by atoms with Crippen molar-refractivity contribution in [2.75, 3.05) is 33.3 Å². The molecule has 0 aliphatic carbocycles. The molecule has 0 unspecified atom stereocenters. The van der Waals surface area contributed by atoms with E-state index in [2.05, 4.69) is 26.0 Å². The Hall–Kier alpha value is -2.33. The Morgan fingerprint density at radius 1 is 1.23 bits per heavy atom. The highest BCUT2D eigenvalue weighted by Gasteiger charge is 2.21. The Labute approximate surface area is 184 Å². The molecule has 1 saturated heterocycles. The molecule has 0 radical (unpaired) electrons. The summed E-state index contributed by atoms with van der Waals surface area (Å²) in [6.07, 6.45) is -0.127. The molecule has 3 amide bonds. The number of hydrogen-bond acceptors (Lipinski definition) is 6. The number of morpholine rings is 1. The van der Waals surface area contributed by atoms with Crippen LogP contribution in [0.1, 0.15) is 21.8 Å². The lowest BCUT2D eigenvalue weighted by atomic mass is 10.2. The molecule has 1 fully saturated rings. The van der Waals surface area contributed by atoms with E-state index in [9.17, 15) is 9.59 Å². The standard InChI is InChI=1S/C19H23Cl2N5O4/c1-22-18(27)17-7-13(30-25-17)8-23-19(28)24-9-14-11-26(4-5-29-14)10-12-2-3-15(20)16(21)6-12/h2-3,6-7,14H,4-5,8-11H2,1H3,(H,22,27)(H2,23,24,28)/t14-/m0/s1. The number of carbonyl (C=O) groups is 2. The molecule has 1 aromatic carbocycles. The maximum atomic E-state index is 12.0. The highest BCUT2D eigenvalue weighted by molar-refractivity contribution is 6.42. The highest BCUT2D eigenvalue weighted by Crippen LogP contribution is 2.23. The average Bonchev–Trinajstić information content (AvgIpc) is 3.22. The molecule has 162 valence electrons. The van der Waals surface area contributed by atoms with Crippen molar-refractivity contribution in [1.82, 2.24) is 26.0 Å². The molecule has 0 saturated carbocycles. The second-order valence-corrected chi connectivity index (χ2v) is 7.61. The number of rotatable bonds is 7. The topological polar surface area (TPSA) is 109 Å². The number of nitrogens with zero attached hydrogens (tertiary/aromatic N) is 2. The predicted octanol–water partition coefficient (Wildman–Crippen LogP) is 2.04. The third-order valence-electron chi connectivity index (χ3n) is 4.55. The lowest BCUT2D eigenvalue weighted by Crippen LogP contribution is -2.48. The number of nitrogens with one attached hydrogen (secondary N) is 3. The van der Waals surface area contributed by atoms with Gasteiger partial charge in [0, 0.05) is 39.3 Å². The molecule has 11 heteroatoms. The first-order chi connectivity index (χ1) is 14.4. The van der Waals surface area contributed by atoms with Crippen LogP contribution in [0.2, 0.25) is 10.0 Å². The van der Waals surface area contributed by atoms with Gasteiger partial charge in [0.25, 0.3) is 5.91 Å². The van der Waals surface area contributed by atoms with Gasteiger partial charge in [0.2, 0.25) is 0 Å². The maximum Gasteiger partial charge on any atom is 0.315 e. The second-order valence-electron chi connectivity index (χ2n) is 6.80. The van der Waals surface area contributed by atoms with Crippen LogP contribution in [-0.4, -0.2) is 61.4 Å². The van der Waals surface area contributed by atoms with Gasteiger partial charge < -0.3 is 25.2 Å². The molecule has 3 N–H and O–H groups in total. The van der Waals surface area contributed by atoms with E-state index in [-0.39, 0.29) is 30.3 Å². The van der Waals surface area contributed by atoms with Gasteiger partial charge in [-0.2, -0.15) is 0 Å². The molecule has 1 aliphatic heterocycles. The Morgan fingerprint density at radius 2 is 2.07 bits per heavy atom. The van der Waals surface area contributed by atoms with Gasteiger partial charge in [-0.3, -0.25) is 9.69 Å². The number of hydrogen-bond donors (Lipinski definition) is 3. The van der Waals surface area contributed by atoms with Crippen LogP contribution < -0.4 is 16.0 Å². The minimum Gasteiger partial charge on any atom is -0.374 e. The quantitative estimate of drug-likeness (QED) is 0.589. The van der Waals surface area contributed by atoms with Crippen LogP contribution in [0.4, 0.5) is 4.79 Å². The number of halogens is 2. The maximum absolute atomic E-state index is 12.0. The van der Waals surface area contributed by atoms with E-state index >= 15 is 0 Å². The van der Waals surface area contributed by atoms with E-state index in [1.165, 1.54) is 13.1 Å². The largest absolute Gasteiger partial charge is 0.374 e. The molecule has 3 rings (SSSR count). The molecule has 0 spiro atoms. The number of aromatic nitrogens is 1. The summed E-state index contributed by atoms with van der Waals surface area (Å²) in [6, 6.07) is 6.71. The monoisotopic (exact) mass is 455 g/mol. The van der Waals surface area contributed by atoms with Crippen molar-refractivity contribution in [2.24, 2.45) is 0 Å². The third-order valence-corrected chi connectivity index (χ3v) is 5.28. The molecule has 1 atom stereocenters. The molecule has 9 nitrogen and oxygen atoms in total. The van der Waals surface area contributed by atoms with E-state index in [1.807, 2.05) is 12.1 Å².